The van der Waals surface area contributed by atoms with Crippen molar-refractivity contribution in [2.75, 3.05) is 0 Å². The van der Waals surface area contributed by atoms with E-state index in [0.717, 1.165) is 16.6 Å². The van der Waals surface area contributed by atoms with Crippen molar-refractivity contribution < 1.29 is 0 Å². The SMILES string of the molecule is O=c1nc2cccccc-2c2ccccc12. The molecule has 1 aromatic carbocycles. The smallest absolute Gasteiger partial charge is 0.267 e. The van der Waals surface area contributed by atoms with Gasteiger partial charge in [-0.05, 0) is 17.5 Å². The molecule has 1 aliphatic heterocycles. The zero-order valence-electron chi connectivity index (χ0n) is 8.55. The van der Waals surface area contributed by atoms with Gasteiger partial charge in [-0.15, -0.1) is 0 Å². The third kappa shape index (κ3) is 1.27. The molecule has 16 heavy (non-hydrogen) atoms. The van der Waals surface area contributed by atoms with Gasteiger partial charge in [0.1, 0.15) is 0 Å². The van der Waals surface area contributed by atoms with Gasteiger partial charge in [0.15, 0.2) is 0 Å². The van der Waals surface area contributed by atoms with Gasteiger partial charge < -0.3 is 0 Å². The molecule has 0 atom stereocenters. The molecule has 2 nitrogen and oxygen atoms in total. The minimum absolute atomic E-state index is 0.158. The fraction of sp³-hybridized carbons (Fsp3) is 0. The molecule has 0 saturated heterocycles. The molecule has 1 aliphatic carbocycles. The van der Waals surface area contributed by atoms with Crippen LogP contribution in [0.1, 0.15) is 0 Å². The fourth-order valence-corrected chi connectivity index (χ4v) is 1.94. The maximum absolute atomic E-state index is 11.8. The van der Waals surface area contributed by atoms with E-state index in [4.69, 9.17) is 0 Å². The predicted octanol–water partition coefficient (Wildman–Crippen LogP) is 2.70. The molecule has 0 aromatic heterocycles. The highest BCUT2D eigenvalue weighted by Gasteiger charge is 2.08. The van der Waals surface area contributed by atoms with E-state index in [-0.39, 0.29) is 5.56 Å². The predicted molar refractivity (Wildman–Crippen MR) is 64.6 cm³/mol. The van der Waals surface area contributed by atoms with E-state index in [1.165, 1.54) is 0 Å². The van der Waals surface area contributed by atoms with E-state index in [9.17, 15) is 4.79 Å². The summed E-state index contributed by atoms with van der Waals surface area (Å²) in [5.41, 5.74) is 1.60. The number of aromatic nitrogens is 1. The second kappa shape index (κ2) is 3.42. The van der Waals surface area contributed by atoms with Crippen LogP contribution in [0.4, 0.5) is 0 Å². The van der Waals surface area contributed by atoms with Gasteiger partial charge in [-0.3, -0.25) is 4.79 Å². The van der Waals surface area contributed by atoms with Crippen LogP contribution in [-0.4, -0.2) is 4.98 Å². The molecular formula is C14H9NO. The molecule has 0 saturated carbocycles. The normalized spacial score (nSPS) is 10.8. The van der Waals surface area contributed by atoms with Crippen LogP contribution in [0.2, 0.25) is 0 Å². The Kier molecular flexibility index (Phi) is 1.93. The summed E-state index contributed by atoms with van der Waals surface area (Å²) in [6.45, 7) is 0. The number of benzene rings is 1. The molecule has 0 bridgehead atoms. The molecule has 3 rings (SSSR count). The van der Waals surface area contributed by atoms with Gasteiger partial charge in [0, 0.05) is 10.9 Å². The van der Waals surface area contributed by atoms with Crippen LogP contribution in [0, 0.1) is 0 Å². The molecule has 0 spiro atoms. The van der Waals surface area contributed by atoms with E-state index in [1.54, 1.807) is 0 Å². The zero-order chi connectivity index (χ0) is 11.0. The van der Waals surface area contributed by atoms with Crippen LogP contribution >= 0.6 is 0 Å². The van der Waals surface area contributed by atoms with Crippen molar-refractivity contribution in [3.8, 4) is 11.3 Å². The Balaban J connectivity index is 2.62. The Morgan fingerprint density at radius 3 is 2.31 bits per heavy atom. The monoisotopic (exact) mass is 207 g/mol. The van der Waals surface area contributed by atoms with E-state index >= 15 is 0 Å². The quantitative estimate of drug-likeness (QED) is 0.567. The molecule has 0 radical (unpaired) electrons. The van der Waals surface area contributed by atoms with E-state index in [2.05, 4.69) is 4.98 Å². The average molecular weight is 207 g/mol. The molecule has 0 amide bonds. The van der Waals surface area contributed by atoms with Crippen LogP contribution in [0.3, 0.4) is 0 Å². The first-order chi connectivity index (χ1) is 7.86. The molecule has 2 heteroatoms. The average Bonchev–Trinajstić information content (AvgIpc) is 2.55. The Morgan fingerprint density at radius 2 is 1.44 bits per heavy atom. The summed E-state index contributed by atoms with van der Waals surface area (Å²) in [4.78, 5) is 15.9. The highest BCUT2D eigenvalue weighted by Crippen LogP contribution is 2.24. The second-order valence-electron chi connectivity index (χ2n) is 3.67. The molecule has 76 valence electrons. The Hall–Kier alpha value is -2.22. The van der Waals surface area contributed by atoms with Crippen molar-refractivity contribution in [2.24, 2.45) is 0 Å². The number of nitrogens with zero attached hydrogens (tertiary/aromatic N) is 1. The molecule has 0 fully saturated rings. The summed E-state index contributed by atoms with van der Waals surface area (Å²) in [5, 5.41) is 1.65. The summed E-state index contributed by atoms with van der Waals surface area (Å²) in [5.74, 6) is 0. The lowest BCUT2D eigenvalue weighted by molar-refractivity contribution is 1.28. The van der Waals surface area contributed by atoms with Gasteiger partial charge in [-0.25, -0.2) is 4.98 Å². The molecule has 2 aliphatic rings. The van der Waals surface area contributed by atoms with Gasteiger partial charge in [-0.1, -0.05) is 42.5 Å². The molecule has 0 unspecified atom stereocenters. The Morgan fingerprint density at radius 1 is 0.750 bits per heavy atom. The lowest BCUT2D eigenvalue weighted by Gasteiger charge is -2.04. The summed E-state index contributed by atoms with van der Waals surface area (Å²) >= 11 is 0. The molecule has 1 aromatic rings. The Labute approximate surface area is 92.5 Å². The van der Waals surface area contributed by atoms with Crippen molar-refractivity contribution in [1.82, 2.24) is 4.98 Å². The van der Waals surface area contributed by atoms with E-state index in [1.807, 2.05) is 54.6 Å². The molecule has 0 N–H and O–H groups in total. The van der Waals surface area contributed by atoms with Gasteiger partial charge in [0.05, 0.1) is 5.69 Å². The van der Waals surface area contributed by atoms with Gasteiger partial charge >= 0.3 is 0 Å². The van der Waals surface area contributed by atoms with Crippen molar-refractivity contribution in [3.05, 3.63) is 65.0 Å². The first-order valence-electron chi connectivity index (χ1n) is 5.14. The van der Waals surface area contributed by atoms with Crippen LogP contribution < -0.4 is 5.56 Å². The lowest BCUT2D eigenvalue weighted by Crippen LogP contribution is -2.07. The highest BCUT2D eigenvalue weighted by atomic mass is 16.1. The standard InChI is InChI=1S/C14H9NO/c16-14-12-8-5-4-6-10(12)11-7-2-1-3-9-13(11)15-14/h1-9H. The van der Waals surface area contributed by atoms with E-state index in [0.29, 0.717) is 5.39 Å². The third-order valence-corrected chi connectivity index (χ3v) is 2.68. The van der Waals surface area contributed by atoms with Crippen LogP contribution in [0.25, 0.3) is 22.0 Å². The second-order valence-corrected chi connectivity index (χ2v) is 3.67. The van der Waals surface area contributed by atoms with Gasteiger partial charge in [0.25, 0.3) is 5.56 Å². The summed E-state index contributed by atoms with van der Waals surface area (Å²) in [6.07, 6.45) is 0. The number of fused-ring (bicyclic) bond motifs is 3. The number of rotatable bonds is 0. The van der Waals surface area contributed by atoms with E-state index < -0.39 is 0 Å². The maximum atomic E-state index is 11.8. The van der Waals surface area contributed by atoms with Crippen molar-refractivity contribution in [3.63, 3.8) is 0 Å². The van der Waals surface area contributed by atoms with Crippen molar-refractivity contribution >= 4 is 10.8 Å². The zero-order valence-corrected chi connectivity index (χ0v) is 8.55. The fourth-order valence-electron chi connectivity index (χ4n) is 1.94. The summed E-state index contributed by atoms with van der Waals surface area (Å²) in [7, 11) is 0. The minimum atomic E-state index is -0.158. The number of pyridine rings is 1. The summed E-state index contributed by atoms with van der Waals surface area (Å²) in [6, 6.07) is 17.2. The largest absolute Gasteiger partial charge is 0.278 e. The first kappa shape index (κ1) is 9.04. The highest BCUT2D eigenvalue weighted by molar-refractivity contribution is 5.95. The maximum Gasteiger partial charge on any atom is 0.278 e. The third-order valence-electron chi connectivity index (χ3n) is 2.68. The van der Waals surface area contributed by atoms with Crippen molar-refractivity contribution in [1.29, 1.82) is 0 Å². The van der Waals surface area contributed by atoms with Gasteiger partial charge in [0.2, 0.25) is 0 Å². The van der Waals surface area contributed by atoms with Crippen LogP contribution in [0.5, 0.6) is 0 Å². The summed E-state index contributed by atoms with van der Waals surface area (Å²) < 4.78 is 0. The number of hydrogen-bond acceptors (Lipinski definition) is 2. The molecule has 1 heterocycles. The number of hydrogen-bond donors (Lipinski definition) is 0. The van der Waals surface area contributed by atoms with Crippen LogP contribution in [0.15, 0.2) is 59.4 Å². The van der Waals surface area contributed by atoms with Gasteiger partial charge in [-0.2, -0.15) is 0 Å². The molecular weight excluding hydrogens is 198 g/mol. The lowest BCUT2D eigenvalue weighted by atomic mass is 10.0. The van der Waals surface area contributed by atoms with Crippen LogP contribution in [-0.2, 0) is 0 Å². The Bertz CT molecular complexity index is 691. The first-order valence-corrected chi connectivity index (χ1v) is 5.14. The van der Waals surface area contributed by atoms with Crippen molar-refractivity contribution in [2.45, 2.75) is 0 Å². The minimum Gasteiger partial charge on any atom is -0.267 e. The topological polar surface area (TPSA) is 30.0 Å².